The van der Waals surface area contributed by atoms with Crippen molar-refractivity contribution in [2.24, 2.45) is 53.1 Å². The summed E-state index contributed by atoms with van der Waals surface area (Å²) in [7, 11) is 0. The third kappa shape index (κ3) is 7.10. The van der Waals surface area contributed by atoms with Crippen molar-refractivity contribution in [1.29, 1.82) is 0 Å². The summed E-state index contributed by atoms with van der Waals surface area (Å²) in [5.74, 6) is 6.10. The van der Waals surface area contributed by atoms with Gasteiger partial charge in [-0.1, -0.05) is 26.7 Å². The third-order valence-corrected chi connectivity index (χ3v) is 10.9. The van der Waals surface area contributed by atoms with Gasteiger partial charge in [0, 0.05) is 19.4 Å². The maximum atomic E-state index is 6.81. The SMILES string of the molecule is CCC[C@@H](C)C1CCC2C3C(OCCC[NH3+])CC4CC(OCCC[NH3+])CCC4C3CC(OCCCN)C21. The molecular weight excluding hydrogens is 462 g/mol. The minimum Gasteiger partial charge on any atom is -0.378 e. The molecule has 216 valence electrons. The summed E-state index contributed by atoms with van der Waals surface area (Å²) in [5, 5.41) is 0. The number of nitrogens with two attached hydrogens (primary N) is 1. The molecule has 6 nitrogen and oxygen atoms in total. The molecule has 0 bridgehead atoms. The summed E-state index contributed by atoms with van der Waals surface area (Å²) < 4.78 is 19.9. The van der Waals surface area contributed by atoms with Crippen molar-refractivity contribution in [1.82, 2.24) is 0 Å². The predicted molar refractivity (Wildman–Crippen MR) is 148 cm³/mol. The number of rotatable bonds is 15. The Hall–Kier alpha value is -0.240. The Balaban J connectivity index is 1.55. The van der Waals surface area contributed by atoms with Crippen LogP contribution in [-0.4, -0.2) is 57.8 Å². The highest BCUT2D eigenvalue weighted by Gasteiger charge is 2.59. The summed E-state index contributed by atoms with van der Waals surface area (Å²) in [4.78, 5) is 0. The van der Waals surface area contributed by atoms with Crippen LogP contribution in [0, 0.1) is 47.3 Å². The minimum absolute atomic E-state index is 0.411. The predicted octanol–water partition coefficient (Wildman–Crippen LogP) is 3.29. The molecule has 10 unspecified atom stereocenters. The van der Waals surface area contributed by atoms with Crippen molar-refractivity contribution >= 4 is 0 Å². The lowest BCUT2D eigenvalue weighted by molar-refractivity contribution is -0.370. The van der Waals surface area contributed by atoms with E-state index in [9.17, 15) is 0 Å². The van der Waals surface area contributed by atoms with Crippen LogP contribution >= 0.6 is 0 Å². The van der Waals surface area contributed by atoms with Crippen LogP contribution in [0.4, 0.5) is 0 Å². The van der Waals surface area contributed by atoms with Crippen LogP contribution in [0.2, 0.25) is 0 Å². The van der Waals surface area contributed by atoms with Crippen molar-refractivity contribution in [2.45, 2.75) is 109 Å². The largest absolute Gasteiger partial charge is 0.378 e. The van der Waals surface area contributed by atoms with Crippen LogP contribution in [0.15, 0.2) is 0 Å². The summed E-state index contributed by atoms with van der Waals surface area (Å²) in [5.41, 5.74) is 13.9. The number of quaternary nitrogens is 2. The van der Waals surface area contributed by atoms with Gasteiger partial charge in [0.15, 0.2) is 0 Å². The Bertz CT molecular complexity index is 651. The van der Waals surface area contributed by atoms with E-state index in [0.29, 0.717) is 30.1 Å². The van der Waals surface area contributed by atoms with Gasteiger partial charge in [-0.15, -0.1) is 0 Å². The highest BCUT2D eigenvalue weighted by Crippen LogP contribution is 2.61. The standard InChI is InChI=1S/C31H59N3O3/c1-3-7-21(2)24-10-11-26-30(24)29(37-17-6-14-34)20-27-25-9-8-23(35-15-4-12-32)18-22(25)19-28(31(26)27)36-16-5-13-33/h21-31H,3-20,32-34H2,1-2H3/p+2/t21-,22?,23?,24?,25?,26?,27?,28?,29?,30?,31?/m1/s1. The molecule has 4 aliphatic carbocycles. The number of hydrogen-bond donors (Lipinski definition) is 3. The normalized spacial score (nSPS) is 40.1. The minimum atomic E-state index is 0.411. The van der Waals surface area contributed by atoms with E-state index < -0.39 is 0 Å². The van der Waals surface area contributed by atoms with Crippen molar-refractivity contribution < 1.29 is 25.7 Å². The fraction of sp³-hybridized carbons (Fsp3) is 1.00. The second-order valence-electron chi connectivity index (χ2n) is 13.1. The zero-order valence-corrected chi connectivity index (χ0v) is 24.3. The maximum Gasteiger partial charge on any atom is 0.0762 e. The summed E-state index contributed by atoms with van der Waals surface area (Å²) in [6.45, 7) is 10.1. The Morgan fingerprint density at radius 1 is 0.757 bits per heavy atom. The molecule has 0 saturated heterocycles. The summed E-state index contributed by atoms with van der Waals surface area (Å²) in [6, 6.07) is 0. The molecule has 8 N–H and O–H groups in total. The molecule has 0 aliphatic heterocycles. The maximum absolute atomic E-state index is 6.81. The van der Waals surface area contributed by atoms with Gasteiger partial charge in [-0.05, 0) is 105 Å². The van der Waals surface area contributed by atoms with Crippen LogP contribution in [0.1, 0.15) is 90.9 Å². The molecule has 4 fully saturated rings. The van der Waals surface area contributed by atoms with Crippen LogP contribution < -0.4 is 17.2 Å². The van der Waals surface area contributed by atoms with Crippen molar-refractivity contribution in [3.63, 3.8) is 0 Å². The van der Waals surface area contributed by atoms with Crippen LogP contribution in [-0.2, 0) is 14.2 Å². The average Bonchev–Trinajstić information content (AvgIpc) is 3.35. The molecule has 0 amide bonds. The first-order valence-corrected chi connectivity index (χ1v) is 16.3. The third-order valence-electron chi connectivity index (χ3n) is 10.9. The fourth-order valence-electron chi connectivity index (χ4n) is 9.38. The van der Waals surface area contributed by atoms with E-state index in [1.807, 2.05) is 0 Å². The van der Waals surface area contributed by atoms with E-state index in [-0.39, 0.29) is 0 Å². The topological polar surface area (TPSA) is 109 Å². The van der Waals surface area contributed by atoms with Crippen LogP contribution in [0.5, 0.6) is 0 Å². The molecule has 0 aromatic carbocycles. The van der Waals surface area contributed by atoms with Gasteiger partial charge < -0.3 is 31.4 Å². The van der Waals surface area contributed by atoms with Crippen molar-refractivity contribution in [3.05, 3.63) is 0 Å². The van der Waals surface area contributed by atoms with Crippen molar-refractivity contribution in [3.8, 4) is 0 Å². The molecule has 4 saturated carbocycles. The van der Waals surface area contributed by atoms with Gasteiger partial charge in [-0.25, -0.2) is 0 Å². The second-order valence-corrected chi connectivity index (χ2v) is 13.1. The van der Waals surface area contributed by atoms with Gasteiger partial charge in [-0.2, -0.15) is 0 Å². The lowest BCUT2D eigenvalue weighted by Gasteiger charge is -2.57. The van der Waals surface area contributed by atoms with E-state index in [4.69, 9.17) is 19.9 Å². The molecule has 37 heavy (non-hydrogen) atoms. The summed E-state index contributed by atoms with van der Waals surface area (Å²) in [6.07, 6.45) is 16.1. The molecule has 0 spiro atoms. The average molecular weight is 524 g/mol. The molecule has 0 heterocycles. The van der Waals surface area contributed by atoms with E-state index in [1.165, 1.54) is 57.8 Å². The number of hydrogen-bond acceptors (Lipinski definition) is 4. The van der Waals surface area contributed by atoms with Gasteiger partial charge in [0.25, 0.3) is 0 Å². The van der Waals surface area contributed by atoms with E-state index >= 15 is 0 Å². The molecule has 0 aromatic rings. The lowest BCUT2D eigenvalue weighted by Crippen LogP contribution is -2.57. The number of fused-ring (bicyclic) bond motifs is 5. The molecule has 4 rings (SSSR count). The van der Waals surface area contributed by atoms with Crippen molar-refractivity contribution in [2.75, 3.05) is 39.5 Å². The van der Waals surface area contributed by atoms with E-state index in [2.05, 4.69) is 25.3 Å². The fourth-order valence-corrected chi connectivity index (χ4v) is 9.38. The summed E-state index contributed by atoms with van der Waals surface area (Å²) >= 11 is 0. The molecule has 11 atom stereocenters. The Kier molecular flexibility index (Phi) is 12.0. The van der Waals surface area contributed by atoms with Crippen LogP contribution in [0.3, 0.4) is 0 Å². The molecular formula is C31H61N3O3+2. The van der Waals surface area contributed by atoms with Gasteiger partial charge in [0.1, 0.15) is 0 Å². The van der Waals surface area contributed by atoms with Gasteiger partial charge in [0.2, 0.25) is 0 Å². The van der Waals surface area contributed by atoms with Crippen LogP contribution in [0.25, 0.3) is 0 Å². The zero-order chi connectivity index (χ0) is 26.2. The monoisotopic (exact) mass is 523 g/mol. The highest BCUT2D eigenvalue weighted by atomic mass is 16.5. The Morgan fingerprint density at radius 2 is 1.43 bits per heavy atom. The second kappa shape index (κ2) is 14.9. The molecule has 0 aromatic heterocycles. The Labute approximate surface area is 227 Å². The first kappa shape index (κ1) is 29.7. The smallest absolute Gasteiger partial charge is 0.0762 e. The van der Waals surface area contributed by atoms with E-state index in [0.717, 1.165) is 94.2 Å². The lowest BCUT2D eigenvalue weighted by atomic mass is 9.51. The quantitative estimate of drug-likeness (QED) is 0.286. The van der Waals surface area contributed by atoms with Gasteiger partial charge >= 0.3 is 0 Å². The molecule has 6 heteroatoms. The Morgan fingerprint density at radius 3 is 2.14 bits per heavy atom. The number of ether oxygens (including phenoxy) is 3. The van der Waals surface area contributed by atoms with Gasteiger partial charge in [-0.3, -0.25) is 0 Å². The first-order valence-electron chi connectivity index (χ1n) is 16.3. The molecule has 0 radical (unpaired) electrons. The molecule has 4 aliphatic rings. The van der Waals surface area contributed by atoms with E-state index in [1.54, 1.807) is 0 Å². The first-order chi connectivity index (χ1) is 18.1. The zero-order valence-electron chi connectivity index (χ0n) is 24.3. The van der Waals surface area contributed by atoms with Gasteiger partial charge in [0.05, 0.1) is 44.6 Å². The highest BCUT2D eigenvalue weighted by molar-refractivity contribution is 5.07.